The van der Waals surface area contributed by atoms with E-state index in [2.05, 4.69) is 54.4 Å². The number of benzene rings is 1. The van der Waals surface area contributed by atoms with Crippen LogP contribution in [0, 0.1) is 0 Å². The minimum absolute atomic E-state index is 0.161. The smallest absolute Gasteiger partial charge is 0.0707 e. The Bertz CT molecular complexity index is 438. The predicted octanol–water partition coefficient (Wildman–Crippen LogP) is 2.42. The lowest BCUT2D eigenvalue weighted by Crippen LogP contribution is -2.51. The topological polar surface area (TPSA) is 24.5 Å². The lowest BCUT2D eigenvalue weighted by atomic mass is 9.81. The Hall–Kier alpha value is -0.900. The first kappa shape index (κ1) is 15.0. The van der Waals surface area contributed by atoms with Gasteiger partial charge in [-0.15, -0.1) is 0 Å². The number of nitrogens with one attached hydrogen (secondary N) is 1. The molecule has 3 rings (SSSR count). The second-order valence-electron chi connectivity index (χ2n) is 6.86. The lowest BCUT2D eigenvalue weighted by Gasteiger charge is -2.40. The van der Waals surface area contributed by atoms with Gasteiger partial charge in [0.25, 0.3) is 0 Å². The van der Waals surface area contributed by atoms with Crippen molar-refractivity contribution in [1.82, 2.24) is 10.2 Å². The molecule has 2 aliphatic heterocycles. The minimum atomic E-state index is 0.161. The van der Waals surface area contributed by atoms with Gasteiger partial charge in [-0.3, -0.25) is 4.90 Å². The molecule has 116 valence electrons. The zero-order valence-corrected chi connectivity index (χ0v) is 13.3. The third-order valence-electron chi connectivity index (χ3n) is 4.93. The lowest BCUT2D eigenvalue weighted by molar-refractivity contribution is -0.0438. The molecule has 1 aromatic carbocycles. The largest absolute Gasteiger partial charge is 0.372 e. The van der Waals surface area contributed by atoms with E-state index in [0.29, 0.717) is 12.2 Å². The molecule has 3 atom stereocenters. The van der Waals surface area contributed by atoms with Crippen molar-refractivity contribution < 1.29 is 4.74 Å². The Kier molecular flexibility index (Phi) is 4.63. The van der Waals surface area contributed by atoms with Gasteiger partial charge in [-0.1, -0.05) is 44.2 Å². The molecule has 0 spiro atoms. The zero-order valence-electron chi connectivity index (χ0n) is 13.3. The SMILES string of the molecule is CCNCC(C)(CN1CC2CCC(C1)O2)c1ccccc1. The Labute approximate surface area is 128 Å². The molecule has 21 heavy (non-hydrogen) atoms. The van der Waals surface area contributed by atoms with Gasteiger partial charge in [0, 0.05) is 31.6 Å². The van der Waals surface area contributed by atoms with Gasteiger partial charge in [0.2, 0.25) is 0 Å². The zero-order chi connectivity index (χ0) is 14.7. The highest BCUT2D eigenvalue weighted by atomic mass is 16.5. The van der Waals surface area contributed by atoms with E-state index in [0.717, 1.165) is 32.7 Å². The van der Waals surface area contributed by atoms with E-state index in [1.54, 1.807) is 0 Å². The number of hydrogen-bond donors (Lipinski definition) is 1. The van der Waals surface area contributed by atoms with E-state index in [9.17, 15) is 0 Å². The first-order valence-corrected chi connectivity index (χ1v) is 8.34. The van der Waals surface area contributed by atoms with E-state index >= 15 is 0 Å². The molecule has 3 heteroatoms. The van der Waals surface area contributed by atoms with Crippen molar-refractivity contribution in [2.24, 2.45) is 0 Å². The molecule has 0 aromatic heterocycles. The highest BCUT2D eigenvalue weighted by Crippen LogP contribution is 2.30. The summed E-state index contributed by atoms with van der Waals surface area (Å²) in [5.41, 5.74) is 1.60. The highest BCUT2D eigenvalue weighted by Gasteiger charge is 2.37. The summed E-state index contributed by atoms with van der Waals surface area (Å²) in [7, 11) is 0. The van der Waals surface area contributed by atoms with E-state index in [4.69, 9.17) is 4.74 Å². The van der Waals surface area contributed by atoms with Crippen LogP contribution in [-0.2, 0) is 10.2 Å². The molecule has 3 nitrogen and oxygen atoms in total. The van der Waals surface area contributed by atoms with Crippen LogP contribution in [0.2, 0.25) is 0 Å². The molecule has 1 N–H and O–H groups in total. The monoisotopic (exact) mass is 288 g/mol. The quantitative estimate of drug-likeness (QED) is 0.870. The van der Waals surface area contributed by atoms with E-state index in [1.807, 2.05) is 0 Å². The molecule has 0 saturated carbocycles. The molecular formula is C18H28N2O. The summed E-state index contributed by atoms with van der Waals surface area (Å²) in [4.78, 5) is 2.62. The molecule has 2 saturated heterocycles. The van der Waals surface area contributed by atoms with Crippen molar-refractivity contribution in [3.63, 3.8) is 0 Å². The van der Waals surface area contributed by atoms with E-state index < -0.39 is 0 Å². The summed E-state index contributed by atoms with van der Waals surface area (Å²) in [5.74, 6) is 0. The first-order valence-electron chi connectivity index (χ1n) is 8.34. The van der Waals surface area contributed by atoms with Gasteiger partial charge >= 0.3 is 0 Å². The molecule has 3 unspecified atom stereocenters. The van der Waals surface area contributed by atoms with Crippen molar-refractivity contribution in [3.8, 4) is 0 Å². The Morgan fingerprint density at radius 2 is 1.86 bits per heavy atom. The number of fused-ring (bicyclic) bond motifs is 2. The number of likely N-dealkylation sites (N-methyl/N-ethyl adjacent to an activating group) is 1. The molecule has 0 aliphatic carbocycles. The second-order valence-corrected chi connectivity index (χ2v) is 6.86. The van der Waals surface area contributed by atoms with Gasteiger partial charge < -0.3 is 10.1 Å². The Morgan fingerprint density at radius 1 is 1.19 bits per heavy atom. The maximum absolute atomic E-state index is 5.97. The molecular weight excluding hydrogens is 260 g/mol. The third-order valence-corrected chi connectivity index (χ3v) is 4.93. The summed E-state index contributed by atoms with van der Waals surface area (Å²) < 4.78 is 5.97. The number of ether oxygens (including phenoxy) is 1. The van der Waals surface area contributed by atoms with Gasteiger partial charge in [0.1, 0.15) is 0 Å². The number of likely N-dealkylation sites (tertiary alicyclic amines) is 1. The average molecular weight is 288 g/mol. The summed E-state index contributed by atoms with van der Waals surface area (Å²) >= 11 is 0. The Balaban J connectivity index is 1.73. The fourth-order valence-electron chi connectivity index (χ4n) is 3.81. The van der Waals surface area contributed by atoms with Gasteiger partial charge in [-0.25, -0.2) is 0 Å². The molecule has 0 amide bonds. The van der Waals surface area contributed by atoms with E-state index in [1.165, 1.54) is 18.4 Å². The van der Waals surface area contributed by atoms with Crippen molar-refractivity contribution in [3.05, 3.63) is 35.9 Å². The summed E-state index contributed by atoms with van der Waals surface area (Å²) in [5, 5.41) is 3.56. The van der Waals surface area contributed by atoms with Gasteiger partial charge in [-0.05, 0) is 24.9 Å². The van der Waals surface area contributed by atoms with Gasteiger partial charge in [0.05, 0.1) is 12.2 Å². The number of rotatable bonds is 6. The minimum Gasteiger partial charge on any atom is -0.372 e. The molecule has 2 heterocycles. The van der Waals surface area contributed by atoms with Gasteiger partial charge in [-0.2, -0.15) is 0 Å². The molecule has 2 aliphatic rings. The molecule has 1 aromatic rings. The maximum Gasteiger partial charge on any atom is 0.0707 e. The first-order chi connectivity index (χ1) is 10.2. The van der Waals surface area contributed by atoms with Crippen molar-refractivity contribution in [1.29, 1.82) is 0 Å². The normalized spacial score (nSPS) is 28.5. The molecule has 0 radical (unpaired) electrons. The van der Waals surface area contributed by atoms with Crippen molar-refractivity contribution in [2.45, 2.75) is 44.3 Å². The van der Waals surface area contributed by atoms with Crippen LogP contribution in [0.4, 0.5) is 0 Å². The summed E-state index contributed by atoms with van der Waals surface area (Å²) in [6, 6.07) is 11.0. The van der Waals surface area contributed by atoms with Crippen LogP contribution in [0.5, 0.6) is 0 Å². The third kappa shape index (κ3) is 3.47. The van der Waals surface area contributed by atoms with Crippen LogP contribution < -0.4 is 5.32 Å². The van der Waals surface area contributed by atoms with Crippen LogP contribution in [0.3, 0.4) is 0 Å². The van der Waals surface area contributed by atoms with E-state index in [-0.39, 0.29) is 5.41 Å². The predicted molar refractivity (Wildman–Crippen MR) is 86.7 cm³/mol. The van der Waals surface area contributed by atoms with Crippen LogP contribution in [-0.4, -0.2) is 49.8 Å². The van der Waals surface area contributed by atoms with Crippen molar-refractivity contribution >= 4 is 0 Å². The van der Waals surface area contributed by atoms with Crippen LogP contribution in [0.1, 0.15) is 32.3 Å². The summed E-state index contributed by atoms with van der Waals surface area (Å²) in [6.07, 6.45) is 3.44. The molecule has 2 fully saturated rings. The van der Waals surface area contributed by atoms with Crippen LogP contribution in [0.25, 0.3) is 0 Å². The van der Waals surface area contributed by atoms with Gasteiger partial charge in [0.15, 0.2) is 0 Å². The number of morpholine rings is 1. The fraction of sp³-hybridized carbons (Fsp3) is 0.667. The highest BCUT2D eigenvalue weighted by molar-refractivity contribution is 5.25. The van der Waals surface area contributed by atoms with Crippen LogP contribution in [0.15, 0.2) is 30.3 Å². The number of nitrogens with zero attached hydrogens (tertiary/aromatic N) is 1. The standard InChI is InChI=1S/C18H28N2O/c1-3-19-13-18(2,15-7-5-4-6-8-15)14-20-11-16-9-10-17(12-20)21-16/h4-8,16-17,19H,3,9-14H2,1-2H3. The average Bonchev–Trinajstić information content (AvgIpc) is 2.85. The summed E-state index contributed by atoms with van der Waals surface area (Å²) in [6.45, 7) is 9.94. The Morgan fingerprint density at radius 3 is 2.48 bits per heavy atom. The maximum atomic E-state index is 5.97. The number of hydrogen-bond acceptors (Lipinski definition) is 3. The molecule has 2 bridgehead atoms. The second kappa shape index (κ2) is 6.47. The van der Waals surface area contributed by atoms with Crippen molar-refractivity contribution in [2.75, 3.05) is 32.7 Å². The van der Waals surface area contributed by atoms with Crippen LogP contribution >= 0.6 is 0 Å². The fourth-order valence-corrected chi connectivity index (χ4v) is 3.81.